The first-order chi connectivity index (χ1) is 15.7. The van der Waals surface area contributed by atoms with E-state index in [2.05, 4.69) is 83.9 Å². The molecule has 1 heterocycles. The van der Waals surface area contributed by atoms with E-state index in [9.17, 15) is 4.79 Å². The van der Waals surface area contributed by atoms with Crippen molar-refractivity contribution in [1.82, 2.24) is 4.57 Å². The van der Waals surface area contributed by atoms with Crippen molar-refractivity contribution in [2.45, 2.75) is 0 Å². The lowest BCUT2D eigenvalue weighted by molar-refractivity contribution is -0.128. The molecule has 0 fully saturated rings. The molecule has 0 unspecified atom stereocenters. The van der Waals surface area contributed by atoms with Crippen molar-refractivity contribution >= 4 is 49.3 Å². The Labute approximate surface area is 184 Å². The normalized spacial score (nSPS) is 11.4. The van der Waals surface area contributed by atoms with Crippen LogP contribution in [0.15, 0.2) is 110 Å². The summed E-state index contributed by atoms with van der Waals surface area (Å²) in [4.78, 5) is 11.7. The van der Waals surface area contributed by atoms with Crippen LogP contribution >= 0.6 is 0 Å². The van der Waals surface area contributed by atoms with Gasteiger partial charge in [-0.3, -0.25) is 0 Å². The number of aromatic nitrogens is 1. The molecule has 0 atom stereocenters. The van der Waals surface area contributed by atoms with E-state index in [1.54, 1.807) is 6.07 Å². The SMILES string of the molecule is C=CC(=O)Oc1cccc(-n2c3ccc4ccccc4c3c3c4ccccc4ccc32)c1. The number of fused-ring (bicyclic) bond motifs is 7. The van der Waals surface area contributed by atoms with E-state index >= 15 is 0 Å². The van der Waals surface area contributed by atoms with E-state index in [1.165, 1.54) is 38.4 Å². The lowest BCUT2D eigenvalue weighted by Gasteiger charge is -2.10. The number of esters is 1. The number of hydrogen-bond acceptors (Lipinski definition) is 2. The average molecular weight is 413 g/mol. The smallest absolute Gasteiger partial charge is 0.335 e. The van der Waals surface area contributed by atoms with Gasteiger partial charge in [0.05, 0.1) is 11.0 Å². The topological polar surface area (TPSA) is 31.2 Å². The second-order valence-electron chi connectivity index (χ2n) is 7.82. The monoisotopic (exact) mass is 413 g/mol. The van der Waals surface area contributed by atoms with Crippen LogP contribution in [0.1, 0.15) is 0 Å². The molecule has 0 aliphatic rings. The molecule has 6 rings (SSSR count). The molecule has 0 aliphatic heterocycles. The molecule has 152 valence electrons. The van der Waals surface area contributed by atoms with E-state index in [0.29, 0.717) is 5.75 Å². The van der Waals surface area contributed by atoms with Crippen LogP contribution in [-0.2, 0) is 4.79 Å². The number of benzene rings is 5. The third kappa shape index (κ3) is 2.72. The molecule has 0 radical (unpaired) electrons. The van der Waals surface area contributed by atoms with Crippen LogP contribution in [-0.4, -0.2) is 10.5 Å². The highest BCUT2D eigenvalue weighted by molar-refractivity contribution is 6.28. The van der Waals surface area contributed by atoms with Gasteiger partial charge in [-0.2, -0.15) is 0 Å². The Kier molecular flexibility index (Phi) is 4.08. The molecule has 0 bridgehead atoms. The van der Waals surface area contributed by atoms with Crippen molar-refractivity contribution in [3.8, 4) is 11.4 Å². The number of ether oxygens (including phenoxy) is 1. The highest BCUT2D eigenvalue weighted by atomic mass is 16.5. The zero-order chi connectivity index (χ0) is 21.7. The minimum absolute atomic E-state index is 0.471. The van der Waals surface area contributed by atoms with Crippen molar-refractivity contribution in [3.63, 3.8) is 0 Å². The summed E-state index contributed by atoms with van der Waals surface area (Å²) in [5.74, 6) is 0.0188. The second-order valence-corrected chi connectivity index (χ2v) is 7.82. The number of carbonyl (C=O) groups is 1. The third-order valence-corrected chi connectivity index (χ3v) is 6.01. The van der Waals surface area contributed by atoms with E-state index in [4.69, 9.17) is 4.74 Å². The van der Waals surface area contributed by atoms with Gasteiger partial charge in [0.1, 0.15) is 5.75 Å². The van der Waals surface area contributed by atoms with Crippen LogP contribution in [0, 0.1) is 0 Å². The first-order valence-corrected chi connectivity index (χ1v) is 10.5. The minimum Gasteiger partial charge on any atom is -0.423 e. The Morgan fingerprint density at radius 3 is 1.91 bits per heavy atom. The zero-order valence-electron chi connectivity index (χ0n) is 17.3. The summed E-state index contributed by atoms with van der Waals surface area (Å²) < 4.78 is 7.64. The largest absolute Gasteiger partial charge is 0.423 e. The molecule has 0 aliphatic carbocycles. The van der Waals surface area contributed by atoms with Gasteiger partial charge < -0.3 is 9.30 Å². The lowest BCUT2D eigenvalue weighted by atomic mass is 10.00. The van der Waals surface area contributed by atoms with Crippen molar-refractivity contribution < 1.29 is 9.53 Å². The molecule has 0 saturated carbocycles. The fourth-order valence-electron chi connectivity index (χ4n) is 4.67. The first-order valence-electron chi connectivity index (χ1n) is 10.5. The molecule has 3 nitrogen and oxygen atoms in total. The maximum Gasteiger partial charge on any atom is 0.335 e. The molecule has 0 amide bonds. The highest BCUT2D eigenvalue weighted by Gasteiger charge is 2.17. The van der Waals surface area contributed by atoms with Crippen LogP contribution in [0.4, 0.5) is 0 Å². The van der Waals surface area contributed by atoms with Crippen LogP contribution in [0.3, 0.4) is 0 Å². The lowest BCUT2D eigenvalue weighted by Crippen LogP contribution is -2.03. The summed E-state index contributed by atoms with van der Waals surface area (Å²) in [6.07, 6.45) is 1.17. The number of carbonyl (C=O) groups excluding carboxylic acids is 1. The molecular formula is C29H19NO2. The third-order valence-electron chi connectivity index (χ3n) is 6.01. The molecular weight excluding hydrogens is 394 g/mol. The quantitative estimate of drug-likeness (QED) is 0.175. The summed E-state index contributed by atoms with van der Waals surface area (Å²) >= 11 is 0. The number of hydrogen-bond donors (Lipinski definition) is 0. The molecule has 0 N–H and O–H groups in total. The molecule has 0 saturated heterocycles. The van der Waals surface area contributed by atoms with Gasteiger partial charge in [0.2, 0.25) is 0 Å². The predicted molar refractivity (Wildman–Crippen MR) is 132 cm³/mol. The maximum atomic E-state index is 11.7. The Morgan fingerprint density at radius 2 is 1.31 bits per heavy atom. The van der Waals surface area contributed by atoms with E-state index in [0.717, 1.165) is 16.7 Å². The molecule has 5 aromatic carbocycles. The van der Waals surface area contributed by atoms with Gasteiger partial charge in [0, 0.05) is 28.6 Å². The Bertz CT molecular complexity index is 1600. The van der Waals surface area contributed by atoms with Crippen LogP contribution < -0.4 is 4.74 Å². The van der Waals surface area contributed by atoms with Crippen LogP contribution in [0.2, 0.25) is 0 Å². The van der Waals surface area contributed by atoms with E-state index < -0.39 is 5.97 Å². The standard InChI is InChI=1S/C29H19NO2/c1-2-27(31)32-22-11-7-10-21(18-22)30-25-16-14-19-8-3-5-12-23(19)28(25)29-24-13-6-4-9-20(24)15-17-26(29)30/h2-18H,1H2. The van der Waals surface area contributed by atoms with Gasteiger partial charge in [-0.05, 0) is 45.8 Å². The number of nitrogens with zero attached hydrogens (tertiary/aromatic N) is 1. The molecule has 0 spiro atoms. The zero-order valence-corrected chi connectivity index (χ0v) is 17.3. The predicted octanol–water partition coefficient (Wildman–Crippen LogP) is 7.18. The van der Waals surface area contributed by atoms with E-state index in [-0.39, 0.29) is 0 Å². The number of rotatable bonds is 3. The van der Waals surface area contributed by atoms with Gasteiger partial charge in [-0.1, -0.05) is 73.3 Å². The Hall–Kier alpha value is -4.37. The summed E-state index contributed by atoms with van der Waals surface area (Å²) in [7, 11) is 0. The molecule has 6 aromatic rings. The second kappa shape index (κ2) is 7.10. The summed E-state index contributed by atoms with van der Waals surface area (Å²) in [6.45, 7) is 3.49. The highest BCUT2D eigenvalue weighted by Crippen LogP contribution is 2.40. The molecule has 32 heavy (non-hydrogen) atoms. The summed E-state index contributed by atoms with van der Waals surface area (Å²) in [6, 6.07) is 33.3. The van der Waals surface area contributed by atoms with Gasteiger partial charge in [-0.15, -0.1) is 0 Å². The molecule has 3 heteroatoms. The average Bonchev–Trinajstić information content (AvgIpc) is 3.19. The van der Waals surface area contributed by atoms with Crippen molar-refractivity contribution in [3.05, 3.63) is 110 Å². The van der Waals surface area contributed by atoms with Crippen molar-refractivity contribution in [2.24, 2.45) is 0 Å². The first kappa shape index (κ1) is 18.4. The fourth-order valence-corrected chi connectivity index (χ4v) is 4.67. The Morgan fingerprint density at radius 1 is 0.719 bits per heavy atom. The van der Waals surface area contributed by atoms with Crippen LogP contribution in [0.5, 0.6) is 5.75 Å². The summed E-state index contributed by atoms with van der Waals surface area (Å²) in [5.41, 5.74) is 3.16. The maximum absolute atomic E-state index is 11.7. The van der Waals surface area contributed by atoms with Crippen molar-refractivity contribution in [2.75, 3.05) is 0 Å². The van der Waals surface area contributed by atoms with Crippen LogP contribution in [0.25, 0.3) is 49.0 Å². The van der Waals surface area contributed by atoms with Gasteiger partial charge in [0.15, 0.2) is 0 Å². The summed E-state index contributed by atoms with van der Waals surface area (Å²) in [5, 5.41) is 7.31. The fraction of sp³-hybridized carbons (Fsp3) is 0. The van der Waals surface area contributed by atoms with Gasteiger partial charge in [-0.25, -0.2) is 4.79 Å². The van der Waals surface area contributed by atoms with Gasteiger partial charge in [0.25, 0.3) is 0 Å². The van der Waals surface area contributed by atoms with Crippen molar-refractivity contribution in [1.29, 1.82) is 0 Å². The minimum atomic E-state index is -0.471. The molecule has 1 aromatic heterocycles. The Balaban J connectivity index is 1.77. The van der Waals surface area contributed by atoms with Gasteiger partial charge >= 0.3 is 5.97 Å². The van der Waals surface area contributed by atoms with E-state index in [1.807, 2.05) is 18.2 Å².